The fraction of sp³-hybridized carbons (Fsp3) is 0.321. The van der Waals surface area contributed by atoms with E-state index < -0.39 is 42.0 Å². The highest BCUT2D eigenvalue weighted by Crippen LogP contribution is 2.36. The van der Waals surface area contributed by atoms with E-state index in [1.54, 1.807) is 13.8 Å². The number of aryl methyl sites for hydroxylation is 1. The summed E-state index contributed by atoms with van der Waals surface area (Å²) in [6.07, 6.45) is 1.52. The van der Waals surface area contributed by atoms with Crippen LogP contribution in [0.15, 0.2) is 57.5 Å². The van der Waals surface area contributed by atoms with E-state index in [4.69, 9.17) is 14.2 Å². The molecule has 0 aliphatic rings. The molecule has 0 aliphatic heterocycles. The Labute approximate surface area is 243 Å². The zero-order valence-electron chi connectivity index (χ0n) is 23.9. The first-order chi connectivity index (χ1) is 19.6. The predicted molar refractivity (Wildman–Crippen MR) is 153 cm³/mol. The van der Waals surface area contributed by atoms with Gasteiger partial charge >= 0.3 is 5.97 Å². The molecule has 12 nitrogen and oxygen atoms in total. The molecule has 0 saturated carbocycles. The molecule has 224 valence electrons. The number of fused-ring (bicyclic) bond motifs is 1. The van der Waals surface area contributed by atoms with Crippen LogP contribution < -0.4 is 14.2 Å². The van der Waals surface area contributed by atoms with Gasteiger partial charge in [0.2, 0.25) is 24.8 Å². The van der Waals surface area contributed by atoms with Gasteiger partial charge < -0.3 is 24.3 Å². The van der Waals surface area contributed by atoms with E-state index in [9.17, 15) is 26.7 Å². The molecule has 0 fully saturated rings. The Kier molecular flexibility index (Phi) is 8.24. The molecule has 0 atom stereocenters. The fourth-order valence-electron chi connectivity index (χ4n) is 4.20. The van der Waals surface area contributed by atoms with Crippen LogP contribution in [0.3, 0.4) is 0 Å². The molecule has 2 aromatic heterocycles. The number of carboxylic acid groups (broad SMARTS) is 1. The second-order valence-corrected chi connectivity index (χ2v) is 14.1. The van der Waals surface area contributed by atoms with E-state index in [0.717, 1.165) is 5.56 Å². The van der Waals surface area contributed by atoms with Gasteiger partial charge in [-0.1, -0.05) is 0 Å². The van der Waals surface area contributed by atoms with Crippen LogP contribution in [-0.2, 0) is 30.2 Å². The average molecular weight is 618 g/mol. The Balaban J connectivity index is 1.73. The molecule has 4 rings (SSSR count). The summed E-state index contributed by atoms with van der Waals surface area (Å²) < 4.78 is 70.7. The smallest absolute Gasteiger partial charge is 0.312 e. The van der Waals surface area contributed by atoms with Crippen molar-refractivity contribution in [3.63, 3.8) is 0 Å². The van der Waals surface area contributed by atoms with Crippen LogP contribution in [0.2, 0.25) is 0 Å². The number of carbonyl (C=O) groups is 1. The molecule has 2 N–H and O–H groups in total. The number of hydrogen-bond acceptors (Lipinski definition) is 10. The molecule has 0 aliphatic carbocycles. The number of aromatic amines is 1. The van der Waals surface area contributed by atoms with E-state index in [1.807, 2.05) is 0 Å². The SMILES string of the molecule is COc1ccc2[nH]c(S(=O)(=O)Cc3ncc(C)c(OC)c3C)nc2c1S(=O)(=O)c1ccc(OCC(C)(C)C(=O)O)cc1. The number of methoxy groups -OCH3 is 2. The normalized spacial score (nSPS) is 12.3. The summed E-state index contributed by atoms with van der Waals surface area (Å²) in [7, 11) is -5.58. The van der Waals surface area contributed by atoms with Crippen LogP contribution in [0, 0.1) is 19.3 Å². The number of benzene rings is 2. The molecular weight excluding hydrogens is 586 g/mol. The van der Waals surface area contributed by atoms with Gasteiger partial charge in [-0.25, -0.2) is 21.8 Å². The van der Waals surface area contributed by atoms with Gasteiger partial charge in [0.25, 0.3) is 0 Å². The minimum Gasteiger partial charge on any atom is -0.496 e. The molecule has 0 bridgehead atoms. The quantitative estimate of drug-likeness (QED) is 0.250. The zero-order chi connectivity index (χ0) is 31.0. The van der Waals surface area contributed by atoms with E-state index in [-0.39, 0.29) is 44.6 Å². The van der Waals surface area contributed by atoms with Crippen LogP contribution in [0.5, 0.6) is 17.2 Å². The summed E-state index contributed by atoms with van der Waals surface area (Å²) in [5.74, 6) is -0.748. The van der Waals surface area contributed by atoms with Crippen molar-refractivity contribution in [1.29, 1.82) is 0 Å². The second-order valence-electron chi connectivity index (χ2n) is 10.3. The maximum absolute atomic E-state index is 13.8. The monoisotopic (exact) mass is 617 g/mol. The topological polar surface area (TPSA) is 175 Å². The van der Waals surface area contributed by atoms with E-state index in [1.165, 1.54) is 70.7 Å². The first kappa shape index (κ1) is 30.8. The minimum atomic E-state index is -4.27. The highest BCUT2D eigenvalue weighted by molar-refractivity contribution is 7.92. The summed E-state index contributed by atoms with van der Waals surface area (Å²) >= 11 is 0. The molecule has 2 heterocycles. The van der Waals surface area contributed by atoms with Crippen molar-refractivity contribution in [3.8, 4) is 17.2 Å². The molecule has 4 aromatic rings. The van der Waals surface area contributed by atoms with Gasteiger partial charge in [0.1, 0.15) is 40.0 Å². The first-order valence-electron chi connectivity index (χ1n) is 12.6. The number of hydrogen-bond donors (Lipinski definition) is 2. The molecule has 42 heavy (non-hydrogen) atoms. The van der Waals surface area contributed by atoms with Gasteiger partial charge in [-0.3, -0.25) is 9.78 Å². The van der Waals surface area contributed by atoms with E-state index >= 15 is 0 Å². The third-order valence-electron chi connectivity index (χ3n) is 6.72. The van der Waals surface area contributed by atoms with Gasteiger partial charge in [-0.2, -0.15) is 0 Å². The van der Waals surface area contributed by atoms with Crippen molar-refractivity contribution in [2.45, 2.75) is 48.4 Å². The van der Waals surface area contributed by atoms with Gasteiger partial charge in [0.15, 0.2) is 0 Å². The Morgan fingerprint density at radius 1 is 1.00 bits per heavy atom. The number of sulfone groups is 2. The van der Waals surface area contributed by atoms with E-state index in [2.05, 4.69) is 15.0 Å². The van der Waals surface area contributed by atoms with Crippen LogP contribution in [0.25, 0.3) is 11.0 Å². The summed E-state index contributed by atoms with van der Waals surface area (Å²) in [5, 5.41) is 8.85. The number of aromatic nitrogens is 3. The molecule has 2 aromatic carbocycles. The fourth-order valence-corrected chi connectivity index (χ4v) is 7.04. The number of aliphatic carboxylic acids is 1. The predicted octanol–water partition coefficient (Wildman–Crippen LogP) is 3.89. The lowest BCUT2D eigenvalue weighted by Crippen LogP contribution is -2.30. The van der Waals surface area contributed by atoms with Crippen molar-refractivity contribution < 1.29 is 40.9 Å². The third-order valence-corrected chi connectivity index (χ3v) is 9.98. The van der Waals surface area contributed by atoms with Crippen molar-refractivity contribution >= 4 is 36.7 Å². The highest BCUT2D eigenvalue weighted by atomic mass is 32.2. The Morgan fingerprint density at radius 2 is 1.67 bits per heavy atom. The number of pyridine rings is 1. The van der Waals surface area contributed by atoms with Crippen LogP contribution >= 0.6 is 0 Å². The Bertz CT molecular complexity index is 1880. The first-order valence-corrected chi connectivity index (χ1v) is 15.8. The van der Waals surface area contributed by atoms with Crippen molar-refractivity contribution in [3.05, 3.63) is 59.4 Å². The number of ether oxygens (including phenoxy) is 3. The summed E-state index contributed by atoms with van der Waals surface area (Å²) in [6.45, 7) is 6.40. The third kappa shape index (κ3) is 5.77. The van der Waals surface area contributed by atoms with Gasteiger partial charge in [0, 0.05) is 17.3 Å². The molecule has 0 spiro atoms. The molecule has 0 amide bonds. The van der Waals surface area contributed by atoms with Gasteiger partial charge in [-0.15, -0.1) is 0 Å². The van der Waals surface area contributed by atoms with Crippen LogP contribution in [0.1, 0.15) is 30.7 Å². The van der Waals surface area contributed by atoms with Crippen molar-refractivity contribution in [2.24, 2.45) is 5.41 Å². The minimum absolute atomic E-state index is 0.0257. The van der Waals surface area contributed by atoms with Gasteiger partial charge in [-0.05, 0) is 64.1 Å². The lowest BCUT2D eigenvalue weighted by molar-refractivity contribution is -0.148. The lowest BCUT2D eigenvalue weighted by Gasteiger charge is -2.19. The van der Waals surface area contributed by atoms with Crippen molar-refractivity contribution in [1.82, 2.24) is 15.0 Å². The van der Waals surface area contributed by atoms with Crippen LogP contribution in [0.4, 0.5) is 0 Å². The zero-order valence-corrected chi connectivity index (χ0v) is 25.5. The number of nitrogens with zero attached hydrogens (tertiary/aromatic N) is 2. The summed E-state index contributed by atoms with van der Waals surface area (Å²) in [5.41, 5.74) is 0.521. The van der Waals surface area contributed by atoms with Crippen LogP contribution in [-0.4, -0.2) is 63.7 Å². The number of rotatable bonds is 11. The van der Waals surface area contributed by atoms with E-state index in [0.29, 0.717) is 11.3 Å². The highest BCUT2D eigenvalue weighted by Gasteiger charge is 2.31. The molecule has 0 radical (unpaired) electrons. The maximum Gasteiger partial charge on any atom is 0.312 e. The average Bonchev–Trinajstić information content (AvgIpc) is 3.39. The number of nitrogens with one attached hydrogen (secondary N) is 1. The second kappa shape index (κ2) is 11.2. The Morgan fingerprint density at radius 3 is 2.26 bits per heavy atom. The molecule has 0 saturated heterocycles. The lowest BCUT2D eigenvalue weighted by atomic mass is 9.95. The van der Waals surface area contributed by atoms with Crippen molar-refractivity contribution in [2.75, 3.05) is 20.8 Å². The maximum atomic E-state index is 13.8. The molecular formula is C28H31N3O9S2. The standard InChI is InChI=1S/C28H31N3O9S2/c1-16-13-29-21(17(2)24(16)39-6)14-41(34,35)27-30-20-11-12-22(38-5)25(23(20)31-27)42(36,37)19-9-7-18(8-10-19)40-15-28(3,4)26(32)33/h7-13H,14-15H2,1-6H3,(H,30,31)(H,32,33). The molecule has 14 heteroatoms. The number of H-pyrrole nitrogens is 1. The largest absolute Gasteiger partial charge is 0.496 e. The number of imidazole rings is 1. The Hall–Kier alpha value is -4.17. The summed E-state index contributed by atoms with van der Waals surface area (Å²) in [6, 6.07) is 8.32. The summed E-state index contributed by atoms with van der Waals surface area (Å²) in [4.78, 5) is 22.1. The number of carboxylic acids is 1. The van der Waals surface area contributed by atoms with Gasteiger partial charge in [0.05, 0.1) is 35.7 Å². The molecule has 0 unspecified atom stereocenters.